The second-order valence-electron chi connectivity index (χ2n) is 1.75. The third-order valence-electron chi connectivity index (χ3n) is 1.08. The molecule has 0 spiro atoms. The lowest BCUT2D eigenvalue weighted by molar-refractivity contribution is 0.566. The van der Waals surface area contributed by atoms with E-state index in [1.165, 1.54) is 6.20 Å². The van der Waals surface area contributed by atoms with Gasteiger partial charge in [-0.1, -0.05) is 0 Å². The van der Waals surface area contributed by atoms with Gasteiger partial charge in [-0.05, 0) is 13.0 Å². The van der Waals surface area contributed by atoms with Crippen LogP contribution in [0.2, 0.25) is 0 Å². The number of halogens is 1. The van der Waals surface area contributed by atoms with Gasteiger partial charge in [-0.15, -0.1) is 0 Å². The van der Waals surface area contributed by atoms with E-state index in [1.807, 2.05) is 0 Å². The highest BCUT2D eigenvalue weighted by Crippen LogP contribution is 2.00. The molecule has 1 heterocycles. The minimum atomic E-state index is -0.375. The first-order chi connectivity index (χ1) is 4.34. The zero-order valence-corrected chi connectivity index (χ0v) is 4.89. The molecule has 0 saturated carbocycles. The Hall–Kier alpha value is -0.900. The maximum absolute atomic E-state index is 12.4. The Labute approximate surface area is 52.1 Å². The van der Waals surface area contributed by atoms with E-state index < -0.39 is 0 Å². The van der Waals surface area contributed by atoms with Crippen LogP contribution in [0.4, 0.5) is 4.39 Å². The van der Waals surface area contributed by atoms with Crippen molar-refractivity contribution in [3.63, 3.8) is 0 Å². The zero-order chi connectivity index (χ0) is 6.69. The van der Waals surface area contributed by atoms with Crippen molar-refractivity contribution in [2.24, 2.45) is 5.73 Å². The van der Waals surface area contributed by atoms with Crippen molar-refractivity contribution in [3.8, 4) is 0 Å². The molecule has 0 bridgehead atoms. The van der Waals surface area contributed by atoms with Gasteiger partial charge >= 0.3 is 0 Å². The Bertz CT molecular complexity index is 184. The lowest BCUT2D eigenvalue weighted by Gasteiger charge is -1.88. The van der Waals surface area contributed by atoms with Crippen molar-refractivity contribution in [3.05, 3.63) is 17.7 Å². The van der Waals surface area contributed by atoms with Crippen LogP contribution >= 0.6 is 0 Å². The molecule has 3 nitrogen and oxygen atoms in total. The van der Waals surface area contributed by atoms with Crippen LogP contribution in [0, 0.1) is 5.95 Å². The average Bonchev–Trinajstić information content (AvgIpc) is 2.18. The SMILES string of the molecule is NCCc1cn[nH]c1F. The summed E-state index contributed by atoms with van der Waals surface area (Å²) < 4.78 is 12.4. The van der Waals surface area contributed by atoms with Crippen LogP contribution in [0.5, 0.6) is 0 Å². The van der Waals surface area contributed by atoms with Crippen LogP contribution < -0.4 is 5.73 Å². The van der Waals surface area contributed by atoms with Gasteiger partial charge in [0.2, 0.25) is 5.95 Å². The topological polar surface area (TPSA) is 54.7 Å². The van der Waals surface area contributed by atoms with E-state index in [0.29, 0.717) is 18.5 Å². The summed E-state index contributed by atoms with van der Waals surface area (Å²) in [5, 5.41) is 5.67. The number of rotatable bonds is 2. The summed E-state index contributed by atoms with van der Waals surface area (Å²) in [4.78, 5) is 0. The van der Waals surface area contributed by atoms with Crippen LogP contribution in [0.25, 0.3) is 0 Å². The van der Waals surface area contributed by atoms with E-state index in [2.05, 4.69) is 10.2 Å². The quantitative estimate of drug-likeness (QED) is 0.592. The monoisotopic (exact) mass is 129 g/mol. The molecule has 0 amide bonds. The second-order valence-corrected chi connectivity index (χ2v) is 1.75. The first kappa shape index (κ1) is 6.22. The van der Waals surface area contributed by atoms with Gasteiger partial charge in [-0.25, -0.2) is 0 Å². The minimum Gasteiger partial charge on any atom is -0.330 e. The molecule has 0 atom stereocenters. The molecule has 0 unspecified atom stereocenters. The summed E-state index contributed by atoms with van der Waals surface area (Å²) in [5.41, 5.74) is 5.73. The molecule has 0 radical (unpaired) electrons. The average molecular weight is 129 g/mol. The number of aromatic nitrogens is 2. The molecule has 1 rings (SSSR count). The summed E-state index contributed by atoms with van der Waals surface area (Å²) in [6.07, 6.45) is 1.99. The molecule has 0 aliphatic carbocycles. The number of aromatic amines is 1. The van der Waals surface area contributed by atoms with Crippen LogP contribution in [-0.2, 0) is 6.42 Å². The predicted molar refractivity (Wildman–Crippen MR) is 31.3 cm³/mol. The molecule has 0 aliphatic heterocycles. The fraction of sp³-hybridized carbons (Fsp3) is 0.400. The Morgan fingerprint density at radius 2 is 2.56 bits per heavy atom. The van der Waals surface area contributed by atoms with Gasteiger partial charge in [0.1, 0.15) is 0 Å². The Kier molecular flexibility index (Phi) is 1.79. The molecule has 0 aromatic carbocycles. The Morgan fingerprint density at radius 1 is 1.78 bits per heavy atom. The molecular weight excluding hydrogens is 121 g/mol. The van der Waals surface area contributed by atoms with Crippen LogP contribution in [0.1, 0.15) is 5.56 Å². The Morgan fingerprint density at radius 3 is 3.00 bits per heavy atom. The van der Waals surface area contributed by atoms with Crippen molar-refractivity contribution < 1.29 is 4.39 Å². The summed E-state index contributed by atoms with van der Waals surface area (Å²) in [6.45, 7) is 0.455. The first-order valence-corrected chi connectivity index (χ1v) is 2.72. The molecule has 3 N–H and O–H groups in total. The number of nitrogens with two attached hydrogens (primary N) is 1. The number of nitrogens with one attached hydrogen (secondary N) is 1. The number of hydrogen-bond donors (Lipinski definition) is 2. The van der Waals surface area contributed by atoms with Crippen LogP contribution in [-0.4, -0.2) is 16.7 Å². The van der Waals surface area contributed by atoms with Crippen molar-refractivity contribution in [2.45, 2.75) is 6.42 Å². The largest absolute Gasteiger partial charge is 0.330 e. The van der Waals surface area contributed by atoms with Crippen LogP contribution in [0.15, 0.2) is 6.20 Å². The van der Waals surface area contributed by atoms with E-state index in [9.17, 15) is 4.39 Å². The summed E-state index contributed by atoms with van der Waals surface area (Å²) in [7, 11) is 0. The fourth-order valence-electron chi connectivity index (χ4n) is 0.625. The number of hydrogen-bond acceptors (Lipinski definition) is 2. The van der Waals surface area contributed by atoms with Crippen molar-refractivity contribution in [1.82, 2.24) is 10.2 Å². The molecule has 4 heteroatoms. The molecule has 0 aliphatic rings. The van der Waals surface area contributed by atoms with Gasteiger partial charge in [0.05, 0.1) is 6.20 Å². The van der Waals surface area contributed by atoms with Gasteiger partial charge in [0.15, 0.2) is 0 Å². The van der Waals surface area contributed by atoms with Gasteiger partial charge in [0, 0.05) is 5.56 Å². The minimum absolute atomic E-state index is 0.375. The van der Waals surface area contributed by atoms with E-state index in [0.717, 1.165) is 0 Å². The first-order valence-electron chi connectivity index (χ1n) is 2.72. The zero-order valence-electron chi connectivity index (χ0n) is 4.89. The molecule has 9 heavy (non-hydrogen) atoms. The lowest BCUT2D eigenvalue weighted by Crippen LogP contribution is -2.02. The normalized spacial score (nSPS) is 10.0. The summed E-state index contributed by atoms with van der Waals surface area (Å²) in [6, 6.07) is 0. The van der Waals surface area contributed by atoms with Gasteiger partial charge in [-0.3, -0.25) is 5.10 Å². The summed E-state index contributed by atoms with van der Waals surface area (Å²) in [5.74, 6) is -0.375. The standard InChI is InChI=1S/C5H8FN3/c6-5-4(1-2-7)3-8-9-5/h3H,1-2,7H2,(H,8,9). The van der Waals surface area contributed by atoms with Crippen molar-refractivity contribution in [1.29, 1.82) is 0 Å². The lowest BCUT2D eigenvalue weighted by atomic mass is 10.2. The fourth-order valence-corrected chi connectivity index (χ4v) is 0.625. The number of H-pyrrole nitrogens is 1. The van der Waals surface area contributed by atoms with E-state index in [1.54, 1.807) is 0 Å². The van der Waals surface area contributed by atoms with Crippen molar-refractivity contribution >= 4 is 0 Å². The third-order valence-corrected chi connectivity index (χ3v) is 1.08. The maximum Gasteiger partial charge on any atom is 0.212 e. The molecular formula is C5H8FN3. The maximum atomic E-state index is 12.4. The third kappa shape index (κ3) is 1.26. The van der Waals surface area contributed by atoms with Gasteiger partial charge in [-0.2, -0.15) is 9.49 Å². The van der Waals surface area contributed by atoms with Gasteiger partial charge < -0.3 is 5.73 Å². The Balaban J connectivity index is 2.69. The van der Waals surface area contributed by atoms with E-state index >= 15 is 0 Å². The molecule has 50 valence electrons. The smallest absolute Gasteiger partial charge is 0.212 e. The summed E-state index contributed by atoms with van der Waals surface area (Å²) >= 11 is 0. The highest BCUT2D eigenvalue weighted by molar-refractivity contribution is 5.05. The molecule has 1 aromatic heterocycles. The molecule has 0 saturated heterocycles. The van der Waals surface area contributed by atoms with Crippen LogP contribution in [0.3, 0.4) is 0 Å². The van der Waals surface area contributed by atoms with Crippen molar-refractivity contribution in [2.75, 3.05) is 6.54 Å². The highest BCUT2D eigenvalue weighted by atomic mass is 19.1. The second kappa shape index (κ2) is 2.59. The van der Waals surface area contributed by atoms with E-state index in [-0.39, 0.29) is 5.95 Å². The molecule has 1 aromatic rings. The van der Waals surface area contributed by atoms with E-state index in [4.69, 9.17) is 5.73 Å². The molecule has 0 fully saturated rings. The number of nitrogens with zero attached hydrogens (tertiary/aromatic N) is 1. The predicted octanol–water partition coefficient (Wildman–Crippen LogP) is 0.0500. The van der Waals surface area contributed by atoms with Gasteiger partial charge in [0.25, 0.3) is 0 Å². The highest BCUT2D eigenvalue weighted by Gasteiger charge is 2.00.